The van der Waals surface area contributed by atoms with Crippen molar-refractivity contribution in [1.29, 1.82) is 0 Å². The standard InChI is InChI=1S/C16H17F6NO3/c17-15(18,19)12-7-3-1-2-4-8(7)14(16(20,21)22)23-13(12)10-5-9(25)11(6-24)26-10/h9-11,24-25H,1-6H2/t9-,10-,11+/m0/s1. The highest BCUT2D eigenvalue weighted by Gasteiger charge is 2.47. The zero-order valence-corrected chi connectivity index (χ0v) is 13.5. The van der Waals surface area contributed by atoms with E-state index in [0.717, 1.165) is 0 Å². The molecule has 0 amide bonds. The molecule has 0 saturated carbocycles. The van der Waals surface area contributed by atoms with Crippen LogP contribution in [0, 0.1) is 0 Å². The van der Waals surface area contributed by atoms with Gasteiger partial charge in [0.1, 0.15) is 17.9 Å². The molecule has 0 bridgehead atoms. The van der Waals surface area contributed by atoms with Gasteiger partial charge in [0.25, 0.3) is 0 Å². The van der Waals surface area contributed by atoms with E-state index in [9.17, 15) is 31.4 Å². The summed E-state index contributed by atoms with van der Waals surface area (Å²) < 4.78 is 86.5. The molecule has 3 rings (SSSR count). The van der Waals surface area contributed by atoms with Gasteiger partial charge >= 0.3 is 12.4 Å². The Kier molecular flexibility index (Phi) is 4.95. The summed E-state index contributed by atoms with van der Waals surface area (Å²) in [4.78, 5) is 3.35. The topological polar surface area (TPSA) is 62.6 Å². The van der Waals surface area contributed by atoms with Crippen LogP contribution in [0.3, 0.4) is 0 Å². The number of aliphatic hydroxyl groups is 2. The number of aliphatic hydroxyl groups excluding tert-OH is 2. The molecule has 0 radical (unpaired) electrons. The summed E-state index contributed by atoms with van der Waals surface area (Å²) in [6, 6.07) is 0. The van der Waals surface area contributed by atoms with Crippen LogP contribution >= 0.6 is 0 Å². The van der Waals surface area contributed by atoms with Gasteiger partial charge in [-0.25, -0.2) is 4.98 Å². The Morgan fingerprint density at radius 3 is 2.12 bits per heavy atom. The first-order chi connectivity index (χ1) is 12.0. The lowest BCUT2D eigenvalue weighted by molar-refractivity contribution is -0.147. The minimum atomic E-state index is -4.90. The van der Waals surface area contributed by atoms with Gasteiger partial charge < -0.3 is 14.9 Å². The van der Waals surface area contributed by atoms with Crippen molar-refractivity contribution in [2.45, 2.75) is 62.8 Å². The molecule has 2 N–H and O–H groups in total. The molecule has 3 atom stereocenters. The van der Waals surface area contributed by atoms with Crippen LogP contribution in [0.25, 0.3) is 0 Å². The minimum Gasteiger partial charge on any atom is -0.394 e. The van der Waals surface area contributed by atoms with Crippen LogP contribution in [0.1, 0.15) is 53.4 Å². The molecule has 1 saturated heterocycles. The predicted molar refractivity (Wildman–Crippen MR) is 76.2 cm³/mol. The van der Waals surface area contributed by atoms with Gasteiger partial charge in [-0.05, 0) is 36.8 Å². The van der Waals surface area contributed by atoms with E-state index >= 15 is 0 Å². The Balaban J connectivity index is 2.22. The molecule has 146 valence electrons. The van der Waals surface area contributed by atoms with E-state index in [4.69, 9.17) is 9.84 Å². The monoisotopic (exact) mass is 385 g/mol. The Morgan fingerprint density at radius 2 is 1.62 bits per heavy atom. The first kappa shape index (κ1) is 19.4. The fourth-order valence-electron chi connectivity index (χ4n) is 3.69. The number of nitrogens with zero attached hydrogens (tertiary/aromatic N) is 1. The van der Waals surface area contributed by atoms with E-state index in [0.29, 0.717) is 12.8 Å². The summed E-state index contributed by atoms with van der Waals surface area (Å²) in [5.41, 5.74) is -4.17. The smallest absolute Gasteiger partial charge is 0.394 e. The Bertz CT molecular complexity index is 688. The summed E-state index contributed by atoms with van der Waals surface area (Å²) in [6.45, 7) is -0.657. The average Bonchev–Trinajstić information content (AvgIpc) is 2.92. The quantitative estimate of drug-likeness (QED) is 0.768. The second-order valence-electron chi connectivity index (χ2n) is 6.53. The van der Waals surface area contributed by atoms with Gasteiger partial charge in [-0.15, -0.1) is 0 Å². The van der Waals surface area contributed by atoms with Gasteiger partial charge in [0.2, 0.25) is 0 Å². The van der Waals surface area contributed by atoms with Crippen LogP contribution in [0.2, 0.25) is 0 Å². The SMILES string of the molecule is OC[C@H]1O[C@H](c2nc(C(F)(F)F)c3c(c2C(F)(F)F)CCCC3)C[C@@H]1O. The van der Waals surface area contributed by atoms with Gasteiger partial charge in [0, 0.05) is 6.42 Å². The Morgan fingerprint density at radius 1 is 1.00 bits per heavy atom. The maximum atomic E-state index is 13.7. The summed E-state index contributed by atoms with van der Waals surface area (Å²) in [5, 5.41) is 18.9. The van der Waals surface area contributed by atoms with Crippen molar-refractivity contribution in [2.75, 3.05) is 6.61 Å². The number of alkyl halides is 6. The molecule has 1 aromatic rings. The molecular weight excluding hydrogens is 368 g/mol. The number of fused-ring (bicyclic) bond motifs is 1. The van der Waals surface area contributed by atoms with Gasteiger partial charge in [0.15, 0.2) is 0 Å². The molecule has 1 aliphatic carbocycles. The van der Waals surface area contributed by atoms with Crippen molar-refractivity contribution in [1.82, 2.24) is 4.98 Å². The summed E-state index contributed by atoms with van der Waals surface area (Å²) in [6.07, 6.45) is -13.6. The fraction of sp³-hybridized carbons (Fsp3) is 0.688. The van der Waals surface area contributed by atoms with Gasteiger partial charge in [0.05, 0.1) is 24.0 Å². The lowest BCUT2D eigenvalue weighted by Gasteiger charge is -2.28. The number of aromatic nitrogens is 1. The van der Waals surface area contributed by atoms with Crippen LogP contribution in [0.4, 0.5) is 26.3 Å². The highest BCUT2D eigenvalue weighted by molar-refractivity contribution is 5.45. The molecule has 2 heterocycles. The summed E-state index contributed by atoms with van der Waals surface area (Å²) >= 11 is 0. The van der Waals surface area contributed by atoms with E-state index in [1.165, 1.54) is 0 Å². The second kappa shape index (κ2) is 6.65. The van der Waals surface area contributed by atoms with Crippen LogP contribution in [0.5, 0.6) is 0 Å². The number of rotatable bonds is 2. The molecule has 1 aliphatic heterocycles. The molecule has 1 aromatic heterocycles. The van der Waals surface area contributed by atoms with Crippen molar-refractivity contribution >= 4 is 0 Å². The number of hydrogen-bond donors (Lipinski definition) is 2. The normalized spacial score (nSPS) is 26.8. The van der Waals surface area contributed by atoms with Gasteiger partial charge in [-0.3, -0.25) is 0 Å². The van der Waals surface area contributed by atoms with E-state index in [1.807, 2.05) is 0 Å². The van der Waals surface area contributed by atoms with Crippen molar-refractivity contribution in [2.24, 2.45) is 0 Å². The number of ether oxygens (including phenoxy) is 1. The third-order valence-corrected chi connectivity index (χ3v) is 4.80. The summed E-state index contributed by atoms with van der Waals surface area (Å²) in [7, 11) is 0. The first-order valence-electron chi connectivity index (χ1n) is 8.18. The highest BCUT2D eigenvalue weighted by Crippen LogP contribution is 2.46. The zero-order chi connectivity index (χ0) is 19.3. The van der Waals surface area contributed by atoms with E-state index in [-0.39, 0.29) is 24.8 Å². The third kappa shape index (κ3) is 3.41. The Hall–Kier alpha value is -1.39. The van der Waals surface area contributed by atoms with E-state index in [1.54, 1.807) is 0 Å². The molecule has 1 fully saturated rings. The van der Waals surface area contributed by atoms with Crippen LogP contribution in [-0.2, 0) is 29.9 Å². The molecule has 0 unspecified atom stereocenters. The number of pyridine rings is 1. The van der Waals surface area contributed by atoms with E-state index in [2.05, 4.69) is 4.98 Å². The molecule has 26 heavy (non-hydrogen) atoms. The van der Waals surface area contributed by atoms with Crippen LogP contribution in [0.15, 0.2) is 0 Å². The minimum absolute atomic E-state index is 0.117. The van der Waals surface area contributed by atoms with Crippen LogP contribution < -0.4 is 0 Å². The average molecular weight is 385 g/mol. The lowest BCUT2D eigenvalue weighted by atomic mass is 9.85. The molecule has 0 aromatic carbocycles. The van der Waals surface area contributed by atoms with Crippen LogP contribution in [-0.4, -0.2) is 34.0 Å². The molecule has 4 nitrogen and oxygen atoms in total. The van der Waals surface area contributed by atoms with Crippen molar-refractivity contribution in [3.63, 3.8) is 0 Å². The maximum Gasteiger partial charge on any atom is 0.433 e. The molecular formula is C16H17F6NO3. The first-order valence-corrected chi connectivity index (χ1v) is 8.18. The molecule has 0 spiro atoms. The fourth-order valence-corrected chi connectivity index (χ4v) is 3.69. The van der Waals surface area contributed by atoms with Crippen molar-refractivity contribution in [3.05, 3.63) is 28.1 Å². The number of halogens is 6. The van der Waals surface area contributed by atoms with Crippen molar-refractivity contribution < 1.29 is 41.3 Å². The zero-order valence-electron chi connectivity index (χ0n) is 13.5. The van der Waals surface area contributed by atoms with Crippen molar-refractivity contribution in [3.8, 4) is 0 Å². The molecule has 10 heteroatoms. The largest absolute Gasteiger partial charge is 0.433 e. The number of hydrogen-bond acceptors (Lipinski definition) is 4. The summed E-state index contributed by atoms with van der Waals surface area (Å²) in [5.74, 6) is 0. The maximum absolute atomic E-state index is 13.7. The second-order valence-corrected chi connectivity index (χ2v) is 6.53. The molecule has 2 aliphatic rings. The highest BCUT2D eigenvalue weighted by atomic mass is 19.4. The Labute approximate surface area is 144 Å². The predicted octanol–water partition coefficient (Wildman–Crippen LogP) is 3.18. The van der Waals surface area contributed by atoms with Gasteiger partial charge in [-0.1, -0.05) is 0 Å². The van der Waals surface area contributed by atoms with E-state index < -0.39 is 59.8 Å². The lowest BCUT2D eigenvalue weighted by Crippen LogP contribution is -2.26. The van der Waals surface area contributed by atoms with Gasteiger partial charge in [-0.2, -0.15) is 26.3 Å². The third-order valence-electron chi connectivity index (χ3n) is 4.80.